The van der Waals surface area contributed by atoms with Gasteiger partial charge in [0.15, 0.2) is 0 Å². The Morgan fingerprint density at radius 2 is 1.94 bits per heavy atom. The molecule has 0 saturated carbocycles. The zero-order valence-corrected chi connectivity index (χ0v) is 18.2. The van der Waals surface area contributed by atoms with Gasteiger partial charge < -0.3 is 25.9 Å². The number of ether oxygens (including phenoxy) is 1. The molecule has 0 fully saturated rings. The van der Waals surface area contributed by atoms with E-state index < -0.39 is 11.4 Å². The highest BCUT2D eigenvalue weighted by Gasteiger charge is 2.25. The average molecular weight is 445 g/mol. The van der Waals surface area contributed by atoms with Gasteiger partial charge in [0.25, 0.3) is 0 Å². The van der Waals surface area contributed by atoms with Crippen molar-refractivity contribution in [1.82, 2.24) is 14.5 Å². The van der Waals surface area contributed by atoms with E-state index in [1.807, 2.05) is 23.6 Å². The molecular weight excluding hydrogens is 422 g/mol. The van der Waals surface area contributed by atoms with Crippen LogP contribution in [0.2, 0.25) is 0 Å². The van der Waals surface area contributed by atoms with Crippen LogP contribution in [0.3, 0.4) is 0 Å². The molecule has 4 aromatic rings. The lowest BCUT2D eigenvalue weighted by Gasteiger charge is -2.20. The number of carboxylic acids is 1. The number of nitrogen functional groups attached to an aromatic ring is 2. The number of carbonyl (C=O) groups is 1. The molecule has 0 aliphatic carbocycles. The van der Waals surface area contributed by atoms with Crippen molar-refractivity contribution in [3.8, 4) is 17.0 Å². The van der Waals surface area contributed by atoms with Crippen LogP contribution >= 0.6 is 0 Å². The second-order valence-electron chi connectivity index (χ2n) is 7.47. The Kier molecular flexibility index (Phi) is 5.70. The van der Waals surface area contributed by atoms with Gasteiger partial charge in [-0.25, -0.2) is 9.78 Å². The quantitative estimate of drug-likeness (QED) is 0.410. The molecule has 0 atom stereocenters. The molecule has 9 heteroatoms. The predicted molar refractivity (Wildman–Crippen MR) is 126 cm³/mol. The number of benzene rings is 2. The molecular formula is C24H23N5O4. The Balaban J connectivity index is 2.01. The van der Waals surface area contributed by atoms with E-state index in [4.69, 9.17) is 16.2 Å². The van der Waals surface area contributed by atoms with Gasteiger partial charge in [0, 0.05) is 35.7 Å². The second-order valence-corrected chi connectivity index (χ2v) is 7.47. The van der Waals surface area contributed by atoms with Crippen molar-refractivity contribution in [2.45, 2.75) is 19.9 Å². The molecule has 0 radical (unpaired) electrons. The molecule has 4 rings (SSSR count). The Bertz CT molecular complexity index is 1450. The maximum atomic E-state index is 13.2. The largest absolute Gasteiger partial charge is 0.496 e. The monoisotopic (exact) mass is 445 g/mol. The Morgan fingerprint density at radius 1 is 1.18 bits per heavy atom. The molecule has 0 unspecified atom stereocenters. The number of carboxylic acid groups (broad SMARTS) is 1. The molecule has 2 heterocycles. The summed E-state index contributed by atoms with van der Waals surface area (Å²) in [7, 11) is 1.50. The first kappa shape index (κ1) is 21.8. The van der Waals surface area contributed by atoms with E-state index in [1.165, 1.54) is 7.11 Å². The third-order valence-electron chi connectivity index (χ3n) is 5.53. The lowest BCUT2D eigenvalue weighted by molar-refractivity contribution is 0.0696. The maximum Gasteiger partial charge on any atom is 0.341 e. The smallest absolute Gasteiger partial charge is 0.341 e. The van der Waals surface area contributed by atoms with E-state index in [1.54, 1.807) is 36.5 Å². The highest BCUT2D eigenvalue weighted by molar-refractivity contribution is 6.00. The van der Waals surface area contributed by atoms with Crippen molar-refractivity contribution < 1.29 is 14.6 Å². The highest BCUT2D eigenvalue weighted by atomic mass is 16.5. The zero-order valence-electron chi connectivity index (χ0n) is 18.2. The first-order valence-corrected chi connectivity index (χ1v) is 10.3. The number of aromatic carboxylic acids is 1. The summed E-state index contributed by atoms with van der Waals surface area (Å²) in [6.07, 6.45) is 1.94. The molecule has 0 aliphatic heterocycles. The minimum Gasteiger partial charge on any atom is -0.496 e. The van der Waals surface area contributed by atoms with Gasteiger partial charge in [0.1, 0.15) is 17.1 Å². The standard InChI is InChI=1S/C24H23N5O4/c1-3-29-17-7-5-4-6-15(17)21(30)19(23(31)32)20(29)16-11-13(8-9-18(16)33-2)10-14-12-27-24(26)28-22(14)25/h4-9,11-12H,3,10H2,1-2H3,(H,31,32)(H4,25,26,27,28). The zero-order chi connectivity index (χ0) is 23.7. The van der Waals surface area contributed by atoms with Gasteiger partial charge in [0.2, 0.25) is 11.4 Å². The number of hydrogen-bond donors (Lipinski definition) is 3. The van der Waals surface area contributed by atoms with Crippen LogP contribution in [0.25, 0.3) is 22.2 Å². The van der Waals surface area contributed by atoms with E-state index in [9.17, 15) is 14.7 Å². The summed E-state index contributed by atoms with van der Waals surface area (Å²) in [5.41, 5.74) is 13.6. The molecule has 33 heavy (non-hydrogen) atoms. The SMILES string of the molecule is CCn1c(-c2cc(Cc3cnc(N)nc3N)ccc2OC)c(C(=O)O)c(=O)c2ccccc21. The van der Waals surface area contributed by atoms with Crippen molar-refractivity contribution in [3.05, 3.63) is 75.6 Å². The normalized spacial score (nSPS) is 11.0. The van der Waals surface area contributed by atoms with E-state index in [-0.39, 0.29) is 23.0 Å². The van der Waals surface area contributed by atoms with E-state index >= 15 is 0 Å². The van der Waals surface area contributed by atoms with Crippen molar-refractivity contribution in [1.29, 1.82) is 0 Å². The van der Waals surface area contributed by atoms with Crippen LogP contribution < -0.4 is 21.6 Å². The molecule has 2 aromatic heterocycles. The Morgan fingerprint density at radius 3 is 2.61 bits per heavy atom. The molecule has 0 bridgehead atoms. The fraction of sp³-hybridized carbons (Fsp3) is 0.167. The second kappa shape index (κ2) is 8.62. The number of nitrogens with zero attached hydrogens (tertiary/aromatic N) is 3. The van der Waals surface area contributed by atoms with Crippen molar-refractivity contribution >= 4 is 28.6 Å². The number of para-hydroxylation sites is 1. The van der Waals surface area contributed by atoms with E-state index in [0.29, 0.717) is 40.7 Å². The summed E-state index contributed by atoms with van der Waals surface area (Å²) in [5.74, 6) is -0.505. The van der Waals surface area contributed by atoms with Gasteiger partial charge in [-0.2, -0.15) is 4.98 Å². The lowest BCUT2D eigenvalue weighted by Crippen LogP contribution is -2.22. The Hall–Kier alpha value is -4.40. The molecule has 9 nitrogen and oxygen atoms in total. The molecule has 5 N–H and O–H groups in total. The number of rotatable bonds is 6. The number of methoxy groups -OCH3 is 1. The topological polar surface area (TPSA) is 146 Å². The predicted octanol–water partition coefficient (Wildman–Crippen LogP) is 2.94. The van der Waals surface area contributed by atoms with Crippen LogP contribution in [-0.4, -0.2) is 32.7 Å². The number of aromatic nitrogens is 3. The third kappa shape index (κ3) is 3.84. The number of hydrogen-bond acceptors (Lipinski definition) is 7. The van der Waals surface area contributed by atoms with E-state index in [2.05, 4.69) is 9.97 Å². The summed E-state index contributed by atoms with van der Waals surface area (Å²) < 4.78 is 7.38. The van der Waals surface area contributed by atoms with Crippen molar-refractivity contribution in [3.63, 3.8) is 0 Å². The van der Waals surface area contributed by atoms with Crippen LogP contribution in [0.1, 0.15) is 28.4 Å². The fourth-order valence-corrected chi connectivity index (χ4v) is 4.05. The van der Waals surface area contributed by atoms with Gasteiger partial charge in [0.05, 0.1) is 18.3 Å². The van der Waals surface area contributed by atoms with Gasteiger partial charge in [-0.15, -0.1) is 0 Å². The number of fused-ring (bicyclic) bond motifs is 1. The van der Waals surface area contributed by atoms with Gasteiger partial charge in [-0.1, -0.05) is 18.2 Å². The highest BCUT2D eigenvalue weighted by Crippen LogP contribution is 2.35. The van der Waals surface area contributed by atoms with Crippen LogP contribution in [0, 0.1) is 0 Å². The molecule has 2 aromatic carbocycles. The number of anilines is 2. The third-order valence-corrected chi connectivity index (χ3v) is 5.53. The number of pyridine rings is 1. The lowest BCUT2D eigenvalue weighted by atomic mass is 9.97. The van der Waals surface area contributed by atoms with Crippen molar-refractivity contribution in [2.24, 2.45) is 0 Å². The minimum atomic E-state index is -1.30. The minimum absolute atomic E-state index is 0.0842. The molecule has 0 spiro atoms. The molecule has 0 saturated heterocycles. The van der Waals surface area contributed by atoms with Crippen LogP contribution in [0.4, 0.5) is 11.8 Å². The van der Waals surface area contributed by atoms with Gasteiger partial charge >= 0.3 is 5.97 Å². The first-order chi connectivity index (χ1) is 15.8. The molecule has 168 valence electrons. The van der Waals surface area contributed by atoms with Crippen LogP contribution in [-0.2, 0) is 13.0 Å². The van der Waals surface area contributed by atoms with E-state index in [0.717, 1.165) is 5.56 Å². The first-order valence-electron chi connectivity index (χ1n) is 10.3. The molecule has 0 amide bonds. The van der Waals surface area contributed by atoms with Gasteiger partial charge in [-0.05, 0) is 36.8 Å². The maximum absolute atomic E-state index is 13.2. The summed E-state index contributed by atoms with van der Waals surface area (Å²) in [6.45, 7) is 2.34. The summed E-state index contributed by atoms with van der Waals surface area (Å²) >= 11 is 0. The summed E-state index contributed by atoms with van der Waals surface area (Å²) in [5, 5.41) is 10.4. The number of nitrogens with two attached hydrogens (primary N) is 2. The summed E-state index contributed by atoms with van der Waals surface area (Å²) in [4.78, 5) is 33.5. The molecule has 0 aliphatic rings. The van der Waals surface area contributed by atoms with Gasteiger partial charge in [-0.3, -0.25) is 4.79 Å². The van der Waals surface area contributed by atoms with Crippen LogP contribution in [0.15, 0.2) is 53.5 Å². The number of aryl methyl sites for hydroxylation is 1. The Labute approximate surface area is 189 Å². The summed E-state index contributed by atoms with van der Waals surface area (Å²) in [6, 6.07) is 12.4. The van der Waals surface area contributed by atoms with Crippen molar-refractivity contribution in [2.75, 3.05) is 18.6 Å². The van der Waals surface area contributed by atoms with Crippen LogP contribution in [0.5, 0.6) is 5.75 Å². The average Bonchev–Trinajstić information content (AvgIpc) is 2.80. The fourth-order valence-electron chi connectivity index (χ4n) is 4.05.